The van der Waals surface area contributed by atoms with Gasteiger partial charge in [0.05, 0.1) is 6.10 Å². The predicted molar refractivity (Wildman–Crippen MR) is 49.9 cm³/mol. The molecule has 0 unspecified atom stereocenters. The second kappa shape index (κ2) is 4.15. The van der Waals surface area contributed by atoms with Crippen molar-refractivity contribution >= 4 is 11.6 Å². The van der Waals surface area contributed by atoms with E-state index >= 15 is 0 Å². The Morgan fingerprint density at radius 2 is 2.00 bits per heavy atom. The van der Waals surface area contributed by atoms with Crippen molar-refractivity contribution in [2.45, 2.75) is 12.5 Å². The van der Waals surface area contributed by atoms with Gasteiger partial charge in [0.15, 0.2) is 0 Å². The van der Waals surface area contributed by atoms with Crippen LogP contribution in [0.5, 0.6) is 0 Å². The lowest BCUT2D eigenvalue weighted by molar-refractivity contribution is 0.184. The standard InChI is InChI=1S/C10H9ClO/c1-2-3-10(12)8-4-6-9(11)7-5-8/h1,4-7,10,12H,3H2/t10-/m0/s1. The summed E-state index contributed by atoms with van der Waals surface area (Å²) in [6.45, 7) is 0. The smallest absolute Gasteiger partial charge is 0.0899 e. The summed E-state index contributed by atoms with van der Waals surface area (Å²) in [5.74, 6) is 2.40. The minimum Gasteiger partial charge on any atom is -0.387 e. The molecule has 2 heteroatoms. The van der Waals surface area contributed by atoms with Crippen molar-refractivity contribution in [3.05, 3.63) is 34.9 Å². The minimum atomic E-state index is -0.577. The molecule has 0 heterocycles. The average Bonchev–Trinajstić information content (AvgIpc) is 2.06. The van der Waals surface area contributed by atoms with Gasteiger partial charge in [0.25, 0.3) is 0 Å². The molecule has 0 aliphatic carbocycles. The highest BCUT2D eigenvalue weighted by atomic mass is 35.5. The lowest BCUT2D eigenvalue weighted by atomic mass is 10.1. The van der Waals surface area contributed by atoms with Gasteiger partial charge in [-0.1, -0.05) is 23.7 Å². The first-order valence-electron chi connectivity index (χ1n) is 3.61. The fourth-order valence-corrected chi connectivity index (χ4v) is 1.04. The molecule has 0 amide bonds. The molecule has 1 aromatic rings. The van der Waals surface area contributed by atoms with Gasteiger partial charge in [-0.05, 0) is 17.7 Å². The zero-order chi connectivity index (χ0) is 8.97. The van der Waals surface area contributed by atoms with E-state index in [9.17, 15) is 5.11 Å². The normalized spacial score (nSPS) is 12.1. The maximum atomic E-state index is 9.43. The third kappa shape index (κ3) is 2.27. The Morgan fingerprint density at radius 3 is 2.50 bits per heavy atom. The number of aliphatic hydroxyl groups excluding tert-OH is 1. The molecule has 0 saturated heterocycles. The van der Waals surface area contributed by atoms with Crippen LogP contribution in [0.25, 0.3) is 0 Å². The van der Waals surface area contributed by atoms with Crippen molar-refractivity contribution in [2.24, 2.45) is 0 Å². The number of terminal acetylenes is 1. The van der Waals surface area contributed by atoms with Crippen molar-refractivity contribution in [1.82, 2.24) is 0 Å². The molecule has 1 rings (SSSR count). The number of halogens is 1. The highest BCUT2D eigenvalue weighted by Gasteiger charge is 2.04. The topological polar surface area (TPSA) is 20.2 Å². The van der Waals surface area contributed by atoms with E-state index < -0.39 is 6.10 Å². The third-order valence-corrected chi connectivity index (χ3v) is 1.82. The summed E-state index contributed by atoms with van der Waals surface area (Å²) < 4.78 is 0. The first-order valence-corrected chi connectivity index (χ1v) is 3.99. The van der Waals surface area contributed by atoms with E-state index in [2.05, 4.69) is 5.92 Å². The third-order valence-electron chi connectivity index (χ3n) is 1.57. The molecule has 0 radical (unpaired) electrons. The lowest BCUT2D eigenvalue weighted by Crippen LogP contribution is -1.94. The first-order chi connectivity index (χ1) is 5.74. The van der Waals surface area contributed by atoms with Crippen molar-refractivity contribution < 1.29 is 5.11 Å². The molecule has 0 aromatic heterocycles. The van der Waals surface area contributed by atoms with E-state index in [1.165, 1.54) is 0 Å². The maximum absolute atomic E-state index is 9.43. The molecule has 0 aliphatic rings. The Morgan fingerprint density at radius 1 is 1.42 bits per heavy atom. The van der Waals surface area contributed by atoms with E-state index in [1.807, 2.05) is 0 Å². The van der Waals surface area contributed by atoms with Gasteiger partial charge in [0, 0.05) is 11.4 Å². The second-order valence-corrected chi connectivity index (χ2v) is 2.91. The molecule has 0 fully saturated rings. The summed E-state index contributed by atoms with van der Waals surface area (Å²) in [6, 6.07) is 7.00. The molecular weight excluding hydrogens is 172 g/mol. The van der Waals surface area contributed by atoms with Gasteiger partial charge in [0.2, 0.25) is 0 Å². The molecule has 1 N–H and O–H groups in total. The zero-order valence-corrected chi connectivity index (χ0v) is 7.25. The minimum absolute atomic E-state index is 0.335. The number of aliphatic hydroxyl groups is 1. The van der Waals surface area contributed by atoms with E-state index in [0.29, 0.717) is 11.4 Å². The molecule has 12 heavy (non-hydrogen) atoms. The van der Waals surface area contributed by atoms with Gasteiger partial charge >= 0.3 is 0 Å². The van der Waals surface area contributed by atoms with Gasteiger partial charge in [-0.25, -0.2) is 0 Å². The molecule has 0 aliphatic heterocycles. The summed E-state index contributed by atoms with van der Waals surface area (Å²) in [7, 11) is 0. The van der Waals surface area contributed by atoms with Crippen LogP contribution in [0.4, 0.5) is 0 Å². The van der Waals surface area contributed by atoms with Gasteiger partial charge < -0.3 is 5.11 Å². The number of rotatable bonds is 2. The largest absolute Gasteiger partial charge is 0.387 e. The Kier molecular flexibility index (Phi) is 3.16. The van der Waals surface area contributed by atoms with Crippen LogP contribution < -0.4 is 0 Å². The van der Waals surface area contributed by atoms with E-state index in [0.717, 1.165) is 5.56 Å². The molecule has 1 aromatic carbocycles. The van der Waals surface area contributed by atoms with Crippen LogP contribution in [0.1, 0.15) is 18.1 Å². The molecule has 0 bridgehead atoms. The first kappa shape index (κ1) is 9.12. The lowest BCUT2D eigenvalue weighted by Gasteiger charge is -2.06. The fraction of sp³-hybridized carbons (Fsp3) is 0.200. The predicted octanol–water partition coefficient (Wildman–Crippen LogP) is 2.40. The Balaban J connectivity index is 2.76. The van der Waals surface area contributed by atoms with Crippen LogP contribution >= 0.6 is 11.6 Å². The van der Waals surface area contributed by atoms with E-state index in [4.69, 9.17) is 18.0 Å². The van der Waals surface area contributed by atoms with Crippen LogP contribution in [0, 0.1) is 12.3 Å². The Labute approximate surface area is 77.0 Å². The van der Waals surface area contributed by atoms with Crippen molar-refractivity contribution in [1.29, 1.82) is 0 Å². The average molecular weight is 181 g/mol. The molecule has 1 nitrogen and oxygen atoms in total. The fourth-order valence-electron chi connectivity index (χ4n) is 0.914. The molecule has 1 atom stereocenters. The van der Waals surface area contributed by atoms with Gasteiger partial charge in [-0.15, -0.1) is 12.3 Å². The summed E-state index contributed by atoms with van der Waals surface area (Å²) in [6.07, 6.45) is 4.82. The van der Waals surface area contributed by atoms with Crippen LogP contribution in [0.3, 0.4) is 0 Å². The van der Waals surface area contributed by atoms with Crippen molar-refractivity contribution in [3.63, 3.8) is 0 Å². The van der Waals surface area contributed by atoms with E-state index in [1.54, 1.807) is 24.3 Å². The van der Waals surface area contributed by atoms with Crippen LogP contribution in [0.2, 0.25) is 5.02 Å². The summed E-state index contributed by atoms with van der Waals surface area (Å²) in [5.41, 5.74) is 0.803. The number of hydrogen-bond acceptors (Lipinski definition) is 1. The van der Waals surface area contributed by atoms with Crippen LogP contribution in [-0.4, -0.2) is 5.11 Å². The zero-order valence-electron chi connectivity index (χ0n) is 6.50. The SMILES string of the molecule is C#CC[C@H](O)c1ccc(Cl)cc1. The Bertz CT molecular complexity index is 284. The molecule has 62 valence electrons. The second-order valence-electron chi connectivity index (χ2n) is 2.48. The van der Waals surface area contributed by atoms with E-state index in [-0.39, 0.29) is 0 Å². The van der Waals surface area contributed by atoms with Crippen LogP contribution in [0.15, 0.2) is 24.3 Å². The molecule has 0 spiro atoms. The monoisotopic (exact) mass is 180 g/mol. The molecule has 0 saturated carbocycles. The Hall–Kier alpha value is -0.970. The maximum Gasteiger partial charge on any atom is 0.0899 e. The summed E-state index contributed by atoms with van der Waals surface area (Å²) in [4.78, 5) is 0. The quantitative estimate of drug-likeness (QED) is 0.693. The van der Waals surface area contributed by atoms with Gasteiger partial charge in [-0.3, -0.25) is 0 Å². The summed E-state index contributed by atoms with van der Waals surface area (Å²) >= 11 is 5.67. The van der Waals surface area contributed by atoms with Crippen LogP contribution in [-0.2, 0) is 0 Å². The van der Waals surface area contributed by atoms with Crippen molar-refractivity contribution in [3.8, 4) is 12.3 Å². The summed E-state index contributed by atoms with van der Waals surface area (Å²) in [5, 5.41) is 10.1. The number of hydrogen-bond donors (Lipinski definition) is 1. The number of benzene rings is 1. The highest BCUT2D eigenvalue weighted by Crippen LogP contribution is 2.18. The van der Waals surface area contributed by atoms with Gasteiger partial charge in [-0.2, -0.15) is 0 Å². The molecular formula is C10H9ClO. The highest BCUT2D eigenvalue weighted by molar-refractivity contribution is 6.30. The van der Waals surface area contributed by atoms with Crippen molar-refractivity contribution in [2.75, 3.05) is 0 Å². The van der Waals surface area contributed by atoms with Gasteiger partial charge in [0.1, 0.15) is 0 Å².